The number of aryl methyl sites for hydroxylation is 1. The minimum atomic E-state index is -3.86. The van der Waals surface area contributed by atoms with E-state index in [1.165, 1.54) is 18.3 Å². The van der Waals surface area contributed by atoms with Crippen LogP contribution in [0, 0.1) is 12.7 Å². The van der Waals surface area contributed by atoms with E-state index in [4.69, 9.17) is 4.42 Å². The lowest BCUT2D eigenvalue weighted by Gasteiger charge is -2.29. The van der Waals surface area contributed by atoms with Crippen LogP contribution in [0.5, 0.6) is 0 Å². The standard InChI is InChI=1S/C23H24FN3O4S/c1-12-8-17-15(10-16(12)24)19-21(27(17)13-6-5-7-13)20-18(31-22(19)28)9-14(11-25-20)32(29,30)26-23(2,3)4/h8-11,13,26H,5-7H2,1-4H3. The van der Waals surface area contributed by atoms with Gasteiger partial charge in [-0.2, -0.15) is 0 Å². The summed E-state index contributed by atoms with van der Waals surface area (Å²) in [6, 6.07) is 4.61. The van der Waals surface area contributed by atoms with E-state index in [9.17, 15) is 17.6 Å². The molecule has 1 fully saturated rings. The normalized spacial score (nSPS) is 15.7. The third-order valence-electron chi connectivity index (χ3n) is 5.93. The first kappa shape index (κ1) is 21.1. The van der Waals surface area contributed by atoms with Crippen molar-refractivity contribution in [1.29, 1.82) is 0 Å². The van der Waals surface area contributed by atoms with Crippen LogP contribution < -0.4 is 10.3 Å². The molecule has 0 aliphatic heterocycles. The van der Waals surface area contributed by atoms with E-state index in [-0.39, 0.29) is 21.9 Å². The number of pyridine rings is 1. The summed E-state index contributed by atoms with van der Waals surface area (Å²) in [5.41, 5.74) is 0.959. The first-order chi connectivity index (χ1) is 15.0. The Morgan fingerprint density at radius 2 is 1.94 bits per heavy atom. The molecule has 5 rings (SSSR count). The van der Waals surface area contributed by atoms with Crippen molar-refractivity contribution in [1.82, 2.24) is 14.3 Å². The molecule has 168 valence electrons. The second-order valence-corrected chi connectivity index (χ2v) is 11.2. The highest BCUT2D eigenvalue weighted by Gasteiger charge is 2.29. The number of hydrogen-bond donors (Lipinski definition) is 1. The molecule has 0 atom stereocenters. The molecule has 0 radical (unpaired) electrons. The number of sulfonamides is 1. The number of rotatable bonds is 3. The van der Waals surface area contributed by atoms with Gasteiger partial charge in [-0.25, -0.2) is 27.3 Å². The summed E-state index contributed by atoms with van der Waals surface area (Å²) in [5.74, 6) is -0.396. The van der Waals surface area contributed by atoms with Gasteiger partial charge in [0, 0.05) is 29.2 Å². The van der Waals surface area contributed by atoms with Crippen molar-refractivity contribution in [2.75, 3.05) is 0 Å². The fourth-order valence-electron chi connectivity index (χ4n) is 4.34. The van der Waals surface area contributed by atoms with E-state index in [1.54, 1.807) is 33.8 Å². The summed E-state index contributed by atoms with van der Waals surface area (Å²) >= 11 is 0. The van der Waals surface area contributed by atoms with E-state index in [0.717, 1.165) is 24.8 Å². The van der Waals surface area contributed by atoms with E-state index < -0.39 is 27.0 Å². The van der Waals surface area contributed by atoms with Gasteiger partial charge in [0.05, 0.1) is 16.4 Å². The Hall–Kier alpha value is -2.78. The van der Waals surface area contributed by atoms with Crippen LogP contribution in [-0.4, -0.2) is 23.5 Å². The third-order valence-corrected chi connectivity index (χ3v) is 7.66. The highest BCUT2D eigenvalue weighted by molar-refractivity contribution is 7.89. The third kappa shape index (κ3) is 3.22. The number of aromatic nitrogens is 2. The maximum atomic E-state index is 14.4. The number of benzene rings is 1. The van der Waals surface area contributed by atoms with E-state index >= 15 is 0 Å². The van der Waals surface area contributed by atoms with Crippen molar-refractivity contribution in [3.63, 3.8) is 0 Å². The minimum Gasteiger partial charge on any atom is -0.420 e. The molecule has 0 saturated heterocycles. The Kier molecular flexibility index (Phi) is 4.52. The van der Waals surface area contributed by atoms with Crippen LogP contribution in [0.3, 0.4) is 0 Å². The summed E-state index contributed by atoms with van der Waals surface area (Å²) in [6.07, 6.45) is 4.22. The number of nitrogens with zero attached hydrogens (tertiary/aromatic N) is 2. The smallest absolute Gasteiger partial charge is 0.346 e. The monoisotopic (exact) mass is 457 g/mol. The average molecular weight is 458 g/mol. The quantitative estimate of drug-likeness (QED) is 0.487. The molecular formula is C23H24FN3O4S. The zero-order valence-corrected chi connectivity index (χ0v) is 19.1. The van der Waals surface area contributed by atoms with Crippen molar-refractivity contribution < 1.29 is 17.2 Å². The molecular weight excluding hydrogens is 433 g/mol. The number of halogens is 1. The van der Waals surface area contributed by atoms with Gasteiger partial charge in [-0.3, -0.25) is 0 Å². The van der Waals surface area contributed by atoms with Crippen LogP contribution in [0.15, 0.2) is 38.5 Å². The molecule has 32 heavy (non-hydrogen) atoms. The number of fused-ring (bicyclic) bond motifs is 5. The summed E-state index contributed by atoms with van der Waals surface area (Å²) in [6.45, 7) is 6.90. The zero-order valence-electron chi connectivity index (χ0n) is 18.3. The second kappa shape index (κ2) is 6.86. The fraction of sp³-hybridized carbons (Fsp3) is 0.391. The molecule has 0 amide bonds. The minimum absolute atomic E-state index is 0.0832. The molecule has 1 saturated carbocycles. The zero-order chi connectivity index (χ0) is 23.0. The van der Waals surface area contributed by atoms with E-state index in [1.807, 2.05) is 0 Å². The fourth-order valence-corrected chi connectivity index (χ4v) is 5.72. The van der Waals surface area contributed by atoms with Crippen molar-refractivity contribution in [3.05, 3.63) is 46.2 Å². The van der Waals surface area contributed by atoms with Gasteiger partial charge in [-0.1, -0.05) is 0 Å². The first-order valence-electron chi connectivity index (χ1n) is 10.6. The van der Waals surface area contributed by atoms with Gasteiger partial charge < -0.3 is 8.98 Å². The molecule has 4 aromatic rings. The SMILES string of the molecule is Cc1cc2c(cc1F)c1c(=O)oc3cc(S(=O)(=O)NC(C)(C)C)cnc3c1n2C1CCC1. The van der Waals surface area contributed by atoms with E-state index in [0.29, 0.717) is 22.0 Å². The Bertz CT molecular complexity index is 1570. The van der Waals surface area contributed by atoms with Gasteiger partial charge in [0.1, 0.15) is 16.2 Å². The number of hydrogen-bond acceptors (Lipinski definition) is 5. The van der Waals surface area contributed by atoms with Crippen LogP contribution in [0.1, 0.15) is 51.6 Å². The summed E-state index contributed by atoms with van der Waals surface area (Å²) in [5, 5.41) is 0.757. The second-order valence-electron chi connectivity index (χ2n) is 9.56. The van der Waals surface area contributed by atoms with Gasteiger partial charge in [0.25, 0.3) is 0 Å². The van der Waals surface area contributed by atoms with Gasteiger partial charge >= 0.3 is 5.63 Å². The maximum Gasteiger partial charge on any atom is 0.346 e. The molecule has 0 bridgehead atoms. The lowest BCUT2D eigenvalue weighted by atomic mass is 9.92. The molecule has 3 heterocycles. The van der Waals surface area contributed by atoms with Gasteiger partial charge in [-0.15, -0.1) is 0 Å². The largest absolute Gasteiger partial charge is 0.420 e. The summed E-state index contributed by atoms with van der Waals surface area (Å²) in [4.78, 5) is 17.4. The lowest BCUT2D eigenvalue weighted by Crippen LogP contribution is -2.40. The molecule has 0 unspecified atom stereocenters. The highest BCUT2D eigenvalue weighted by Crippen LogP contribution is 2.41. The van der Waals surface area contributed by atoms with Crippen molar-refractivity contribution in [2.45, 2.75) is 63.4 Å². The topological polar surface area (TPSA) is 94.2 Å². The van der Waals surface area contributed by atoms with Gasteiger partial charge in [0.2, 0.25) is 10.0 Å². The van der Waals surface area contributed by atoms with Crippen LogP contribution in [0.4, 0.5) is 4.39 Å². The Balaban J connectivity index is 1.86. The van der Waals surface area contributed by atoms with Crippen molar-refractivity contribution in [3.8, 4) is 0 Å². The molecule has 9 heteroatoms. The van der Waals surface area contributed by atoms with Crippen molar-refractivity contribution >= 4 is 42.9 Å². The Morgan fingerprint density at radius 3 is 2.56 bits per heavy atom. The molecule has 3 aromatic heterocycles. The molecule has 1 aromatic carbocycles. The summed E-state index contributed by atoms with van der Waals surface area (Å²) < 4.78 is 50.1. The predicted octanol–water partition coefficient (Wildman–Crippen LogP) is 4.55. The molecule has 7 nitrogen and oxygen atoms in total. The lowest BCUT2D eigenvalue weighted by molar-refractivity contribution is 0.329. The highest BCUT2D eigenvalue weighted by atomic mass is 32.2. The van der Waals surface area contributed by atoms with Crippen LogP contribution in [0.25, 0.3) is 32.9 Å². The molecule has 1 aliphatic carbocycles. The Morgan fingerprint density at radius 1 is 1.22 bits per heavy atom. The van der Waals surface area contributed by atoms with E-state index in [2.05, 4.69) is 14.3 Å². The first-order valence-corrected chi connectivity index (χ1v) is 12.1. The summed E-state index contributed by atoms with van der Waals surface area (Å²) in [7, 11) is -3.86. The van der Waals surface area contributed by atoms with Crippen LogP contribution in [0.2, 0.25) is 0 Å². The van der Waals surface area contributed by atoms with Gasteiger partial charge in [0.15, 0.2) is 5.58 Å². The number of nitrogens with one attached hydrogen (secondary N) is 1. The molecule has 1 aliphatic rings. The maximum absolute atomic E-state index is 14.4. The average Bonchev–Trinajstić information content (AvgIpc) is 2.93. The molecule has 1 N–H and O–H groups in total. The Labute approximate surface area is 184 Å². The predicted molar refractivity (Wildman–Crippen MR) is 121 cm³/mol. The van der Waals surface area contributed by atoms with Crippen molar-refractivity contribution in [2.24, 2.45) is 0 Å². The van der Waals surface area contributed by atoms with Crippen LogP contribution in [-0.2, 0) is 10.0 Å². The van der Waals surface area contributed by atoms with Gasteiger partial charge in [-0.05, 0) is 64.7 Å². The molecule has 0 spiro atoms. The van der Waals surface area contributed by atoms with Crippen LogP contribution >= 0.6 is 0 Å².